The molecule has 144 valence electrons. The molecular formula is C23H25N3O2. The van der Waals surface area contributed by atoms with E-state index in [4.69, 9.17) is 0 Å². The minimum Gasteiger partial charge on any atom is -0.368 e. The van der Waals surface area contributed by atoms with Crippen LogP contribution in [-0.2, 0) is 11.2 Å². The number of fused-ring (bicyclic) bond motifs is 1. The van der Waals surface area contributed by atoms with Gasteiger partial charge in [0, 0.05) is 43.9 Å². The minimum atomic E-state index is -0.0940. The van der Waals surface area contributed by atoms with Crippen molar-refractivity contribution < 1.29 is 4.79 Å². The molecule has 1 aliphatic rings. The highest BCUT2D eigenvalue weighted by Gasteiger charge is 2.21. The Kier molecular flexibility index (Phi) is 5.15. The third-order valence-corrected chi connectivity index (χ3v) is 5.53. The maximum Gasteiger partial charge on any atom is 0.251 e. The number of amides is 1. The van der Waals surface area contributed by atoms with Crippen molar-refractivity contribution in [3.05, 3.63) is 76.1 Å². The Morgan fingerprint density at radius 3 is 2.50 bits per heavy atom. The molecule has 2 aromatic carbocycles. The van der Waals surface area contributed by atoms with Crippen molar-refractivity contribution in [3.63, 3.8) is 0 Å². The molecule has 0 spiro atoms. The van der Waals surface area contributed by atoms with Crippen LogP contribution in [0.25, 0.3) is 10.9 Å². The fourth-order valence-corrected chi connectivity index (χ4v) is 3.87. The number of anilines is 1. The van der Waals surface area contributed by atoms with Crippen LogP contribution in [-0.4, -0.2) is 42.0 Å². The van der Waals surface area contributed by atoms with E-state index in [1.54, 1.807) is 0 Å². The van der Waals surface area contributed by atoms with Crippen LogP contribution < -0.4 is 10.5 Å². The number of aromatic amines is 1. The molecule has 2 heterocycles. The fraction of sp³-hybridized carbons (Fsp3) is 0.304. The van der Waals surface area contributed by atoms with Gasteiger partial charge in [0.05, 0.1) is 5.52 Å². The van der Waals surface area contributed by atoms with Crippen molar-refractivity contribution in [2.45, 2.75) is 19.8 Å². The number of benzene rings is 2. The summed E-state index contributed by atoms with van der Waals surface area (Å²) >= 11 is 0. The maximum atomic E-state index is 12.6. The number of piperazine rings is 1. The van der Waals surface area contributed by atoms with Crippen molar-refractivity contribution in [3.8, 4) is 0 Å². The van der Waals surface area contributed by atoms with Gasteiger partial charge < -0.3 is 14.8 Å². The molecule has 0 aliphatic carbocycles. The van der Waals surface area contributed by atoms with Gasteiger partial charge in [-0.05, 0) is 42.5 Å². The van der Waals surface area contributed by atoms with Gasteiger partial charge in [0.15, 0.2) is 0 Å². The summed E-state index contributed by atoms with van der Waals surface area (Å²) in [5.74, 6) is 0.122. The van der Waals surface area contributed by atoms with Gasteiger partial charge in [-0.15, -0.1) is 0 Å². The first kappa shape index (κ1) is 18.3. The van der Waals surface area contributed by atoms with Gasteiger partial charge in [0.25, 0.3) is 5.56 Å². The van der Waals surface area contributed by atoms with Gasteiger partial charge in [-0.3, -0.25) is 9.59 Å². The van der Waals surface area contributed by atoms with Crippen molar-refractivity contribution in [2.24, 2.45) is 0 Å². The Morgan fingerprint density at radius 2 is 1.75 bits per heavy atom. The summed E-state index contributed by atoms with van der Waals surface area (Å²) in [6, 6.07) is 18.2. The molecule has 0 radical (unpaired) electrons. The van der Waals surface area contributed by atoms with Crippen LogP contribution in [0, 0.1) is 6.92 Å². The highest BCUT2D eigenvalue weighted by molar-refractivity contribution is 5.82. The lowest BCUT2D eigenvalue weighted by molar-refractivity contribution is -0.131. The summed E-state index contributed by atoms with van der Waals surface area (Å²) in [4.78, 5) is 32.2. The SMILES string of the molecule is Cc1cccc2cc(CCC(=O)N3CCN(c4ccccc4)CC3)c(=O)[nH]c12. The predicted molar refractivity (Wildman–Crippen MR) is 113 cm³/mol. The van der Waals surface area contributed by atoms with Crippen molar-refractivity contribution in [2.75, 3.05) is 31.1 Å². The number of hydrogen-bond acceptors (Lipinski definition) is 3. The minimum absolute atomic E-state index is 0.0940. The number of nitrogens with one attached hydrogen (secondary N) is 1. The summed E-state index contributed by atoms with van der Waals surface area (Å²) in [7, 11) is 0. The number of nitrogens with zero attached hydrogens (tertiary/aromatic N) is 2. The maximum absolute atomic E-state index is 12.6. The van der Waals surface area contributed by atoms with E-state index in [2.05, 4.69) is 22.0 Å². The van der Waals surface area contributed by atoms with E-state index in [9.17, 15) is 9.59 Å². The molecule has 4 rings (SSSR count). The molecule has 0 bridgehead atoms. The van der Waals surface area contributed by atoms with Crippen LogP contribution in [0.1, 0.15) is 17.5 Å². The Morgan fingerprint density at radius 1 is 1.00 bits per heavy atom. The average molecular weight is 375 g/mol. The van der Waals surface area contributed by atoms with Gasteiger partial charge in [-0.1, -0.05) is 36.4 Å². The lowest BCUT2D eigenvalue weighted by atomic mass is 10.1. The zero-order valence-electron chi connectivity index (χ0n) is 16.1. The number of H-pyrrole nitrogens is 1. The van der Waals surface area contributed by atoms with Gasteiger partial charge in [-0.2, -0.15) is 0 Å². The molecule has 0 unspecified atom stereocenters. The largest absolute Gasteiger partial charge is 0.368 e. The highest BCUT2D eigenvalue weighted by Crippen LogP contribution is 2.17. The predicted octanol–water partition coefficient (Wildman–Crippen LogP) is 3.12. The van der Waals surface area contributed by atoms with Crippen molar-refractivity contribution in [1.82, 2.24) is 9.88 Å². The molecule has 0 atom stereocenters. The van der Waals surface area contributed by atoms with Gasteiger partial charge >= 0.3 is 0 Å². The number of carbonyl (C=O) groups is 1. The lowest BCUT2D eigenvalue weighted by Gasteiger charge is -2.36. The smallest absolute Gasteiger partial charge is 0.251 e. The molecule has 1 N–H and O–H groups in total. The van der Waals surface area contributed by atoms with Gasteiger partial charge in [0.1, 0.15) is 0 Å². The van der Waals surface area contributed by atoms with Crippen LogP contribution in [0.4, 0.5) is 5.69 Å². The molecule has 0 saturated carbocycles. The van der Waals surface area contributed by atoms with E-state index < -0.39 is 0 Å². The van der Waals surface area contributed by atoms with E-state index in [1.807, 2.05) is 54.3 Å². The van der Waals surface area contributed by atoms with E-state index in [-0.39, 0.29) is 11.5 Å². The zero-order valence-corrected chi connectivity index (χ0v) is 16.1. The van der Waals surface area contributed by atoms with Crippen LogP contribution >= 0.6 is 0 Å². The quantitative estimate of drug-likeness (QED) is 0.762. The number of rotatable bonds is 4. The summed E-state index contributed by atoms with van der Waals surface area (Å²) in [6.45, 7) is 5.11. The Bertz CT molecular complexity index is 1030. The molecule has 1 aromatic heterocycles. The molecule has 1 aliphatic heterocycles. The molecule has 1 fully saturated rings. The normalized spacial score (nSPS) is 14.5. The zero-order chi connectivity index (χ0) is 19.5. The fourth-order valence-electron chi connectivity index (χ4n) is 3.87. The first-order valence-electron chi connectivity index (χ1n) is 9.81. The Hall–Kier alpha value is -3.08. The van der Waals surface area contributed by atoms with Crippen molar-refractivity contribution >= 4 is 22.5 Å². The molecule has 5 heteroatoms. The number of aryl methyl sites for hydroxylation is 2. The second-order valence-electron chi connectivity index (χ2n) is 7.37. The van der Waals surface area contributed by atoms with E-state index >= 15 is 0 Å². The number of pyridine rings is 1. The lowest BCUT2D eigenvalue weighted by Crippen LogP contribution is -2.48. The monoisotopic (exact) mass is 375 g/mol. The van der Waals surface area contributed by atoms with E-state index in [1.165, 1.54) is 5.69 Å². The van der Waals surface area contributed by atoms with Gasteiger partial charge in [0.2, 0.25) is 5.91 Å². The van der Waals surface area contributed by atoms with Crippen molar-refractivity contribution in [1.29, 1.82) is 0 Å². The van der Waals surface area contributed by atoms with Crippen LogP contribution in [0.15, 0.2) is 59.4 Å². The third kappa shape index (κ3) is 3.79. The Labute approximate surface area is 164 Å². The second kappa shape index (κ2) is 7.89. The van der Waals surface area contributed by atoms with Crippen LogP contribution in [0.2, 0.25) is 0 Å². The third-order valence-electron chi connectivity index (χ3n) is 5.53. The van der Waals surface area contributed by atoms with Crippen LogP contribution in [0.5, 0.6) is 0 Å². The molecule has 28 heavy (non-hydrogen) atoms. The average Bonchev–Trinajstić information content (AvgIpc) is 2.73. The number of carbonyl (C=O) groups excluding carboxylic acids is 1. The molecular weight excluding hydrogens is 350 g/mol. The molecule has 1 saturated heterocycles. The molecule has 5 nitrogen and oxygen atoms in total. The summed E-state index contributed by atoms with van der Waals surface area (Å²) in [6.07, 6.45) is 0.836. The second-order valence-corrected chi connectivity index (χ2v) is 7.37. The Balaban J connectivity index is 1.37. The first-order chi connectivity index (χ1) is 13.6. The van der Waals surface area contributed by atoms with E-state index in [0.29, 0.717) is 18.4 Å². The number of aromatic nitrogens is 1. The topological polar surface area (TPSA) is 56.4 Å². The first-order valence-corrected chi connectivity index (χ1v) is 9.81. The summed E-state index contributed by atoms with van der Waals surface area (Å²) in [5.41, 5.74) is 3.71. The number of hydrogen-bond donors (Lipinski definition) is 1. The van der Waals surface area contributed by atoms with Crippen LogP contribution in [0.3, 0.4) is 0 Å². The molecule has 1 amide bonds. The highest BCUT2D eigenvalue weighted by atomic mass is 16.2. The summed E-state index contributed by atoms with van der Waals surface area (Å²) < 4.78 is 0. The molecule has 3 aromatic rings. The summed E-state index contributed by atoms with van der Waals surface area (Å²) in [5, 5.41) is 1.01. The van der Waals surface area contributed by atoms with E-state index in [0.717, 1.165) is 42.6 Å². The van der Waals surface area contributed by atoms with Gasteiger partial charge in [-0.25, -0.2) is 0 Å². The standard InChI is InChI=1S/C23H25N3O2/c1-17-6-5-7-18-16-19(23(28)24-22(17)18)10-11-21(27)26-14-12-25(13-15-26)20-8-3-2-4-9-20/h2-9,16H,10-15H2,1H3,(H,24,28). The number of para-hydroxylation sites is 2.